The van der Waals surface area contributed by atoms with Crippen molar-refractivity contribution in [1.29, 1.82) is 0 Å². The van der Waals surface area contributed by atoms with Crippen molar-refractivity contribution in [1.82, 2.24) is 5.32 Å². The molecule has 1 fully saturated rings. The van der Waals surface area contributed by atoms with Gasteiger partial charge in [-0.15, -0.1) is 11.8 Å². The van der Waals surface area contributed by atoms with Crippen molar-refractivity contribution < 1.29 is 23.8 Å². The van der Waals surface area contributed by atoms with Crippen molar-refractivity contribution in [2.45, 2.75) is 43.1 Å². The number of carbonyl (C=O) groups is 2. The minimum absolute atomic E-state index is 0.338. The Balaban J connectivity index is 2.12. The van der Waals surface area contributed by atoms with E-state index in [-0.39, 0.29) is 0 Å². The van der Waals surface area contributed by atoms with Crippen LogP contribution < -0.4 is 10.1 Å². The fourth-order valence-corrected chi connectivity index (χ4v) is 4.15. The third-order valence-corrected chi connectivity index (χ3v) is 5.52. The molecule has 1 aliphatic carbocycles. The number of hydrogen-bond acceptors (Lipinski definition) is 6. The molecule has 0 aromatic heterocycles. The molecule has 7 heteroatoms. The van der Waals surface area contributed by atoms with Crippen LogP contribution in [-0.4, -0.2) is 37.6 Å². The van der Waals surface area contributed by atoms with Gasteiger partial charge in [0.1, 0.15) is 11.3 Å². The van der Waals surface area contributed by atoms with Crippen LogP contribution in [0.2, 0.25) is 0 Å². The van der Waals surface area contributed by atoms with E-state index in [0.29, 0.717) is 42.0 Å². The molecule has 1 heterocycles. The van der Waals surface area contributed by atoms with E-state index in [1.165, 1.54) is 11.8 Å². The molecule has 0 bridgehead atoms. The largest absolute Gasteiger partial charge is 0.497 e. The van der Waals surface area contributed by atoms with Gasteiger partial charge >= 0.3 is 12.1 Å². The van der Waals surface area contributed by atoms with Gasteiger partial charge in [-0.2, -0.15) is 0 Å². The molecular weight excluding hydrogens is 354 g/mol. The van der Waals surface area contributed by atoms with Crippen molar-refractivity contribution in [2.75, 3.05) is 19.9 Å². The van der Waals surface area contributed by atoms with Gasteiger partial charge in [0.25, 0.3) is 0 Å². The Morgan fingerprint density at radius 1 is 1.35 bits per heavy atom. The second kappa shape index (κ2) is 7.61. The van der Waals surface area contributed by atoms with Crippen LogP contribution >= 0.6 is 11.8 Å². The molecule has 26 heavy (non-hydrogen) atoms. The number of hydrogen-bond donors (Lipinski definition) is 1. The van der Waals surface area contributed by atoms with Gasteiger partial charge in [0.15, 0.2) is 11.4 Å². The Bertz CT molecular complexity index is 752. The second-order valence-electron chi connectivity index (χ2n) is 6.28. The van der Waals surface area contributed by atoms with Crippen LogP contribution in [-0.2, 0) is 14.3 Å². The fourth-order valence-electron chi connectivity index (χ4n) is 3.53. The average Bonchev–Trinajstić information content (AvgIpc) is 3.20. The molecule has 1 N–H and O–H groups in total. The van der Waals surface area contributed by atoms with Crippen LogP contribution in [0.25, 0.3) is 5.57 Å². The zero-order valence-electron chi connectivity index (χ0n) is 15.2. The van der Waals surface area contributed by atoms with Crippen LogP contribution in [0, 0.1) is 0 Å². The van der Waals surface area contributed by atoms with Gasteiger partial charge in [0.2, 0.25) is 0 Å². The predicted molar refractivity (Wildman–Crippen MR) is 99.1 cm³/mol. The Labute approximate surface area is 157 Å². The lowest BCUT2D eigenvalue weighted by molar-refractivity contribution is -0.146. The van der Waals surface area contributed by atoms with Gasteiger partial charge in [-0.05, 0) is 57.1 Å². The predicted octanol–water partition coefficient (Wildman–Crippen LogP) is 3.74. The second-order valence-corrected chi connectivity index (χ2v) is 7.13. The highest BCUT2D eigenvalue weighted by Crippen LogP contribution is 2.49. The summed E-state index contributed by atoms with van der Waals surface area (Å²) in [6.07, 6.45) is 4.56. The summed E-state index contributed by atoms with van der Waals surface area (Å²) in [5, 5.41) is 2.63. The smallest absolute Gasteiger partial charge is 0.412 e. The lowest BCUT2D eigenvalue weighted by atomic mass is 9.95. The molecule has 1 aromatic rings. The number of carbonyl (C=O) groups excluding carboxylic acids is 2. The maximum absolute atomic E-state index is 12.8. The molecule has 140 valence electrons. The molecule has 1 aliphatic heterocycles. The van der Waals surface area contributed by atoms with Gasteiger partial charge in [-0.3, -0.25) is 0 Å². The molecule has 0 unspecified atom stereocenters. The maximum Gasteiger partial charge on any atom is 0.412 e. The molecule has 3 rings (SSSR count). The van der Waals surface area contributed by atoms with Crippen LogP contribution in [0.15, 0.2) is 28.9 Å². The number of rotatable bonds is 5. The highest BCUT2D eigenvalue weighted by molar-refractivity contribution is 7.98. The van der Waals surface area contributed by atoms with E-state index in [9.17, 15) is 9.59 Å². The number of methoxy groups -OCH3 is 1. The topological polar surface area (TPSA) is 73.9 Å². The van der Waals surface area contributed by atoms with Gasteiger partial charge in [0, 0.05) is 17.0 Å². The van der Waals surface area contributed by atoms with E-state index in [1.54, 1.807) is 13.2 Å². The number of benzene rings is 1. The van der Waals surface area contributed by atoms with E-state index < -0.39 is 17.7 Å². The molecule has 1 amide bonds. The Hall–Kier alpha value is -2.15. The first-order chi connectivity index (χ1) is 12.5. The van der Waals surface area contributed by atoms with Crippen LogP contribution in [0.1, 0.15) is 38.2 Å². The van der Waals surface area contributed by atoms with Crippen LogP contribution in [0.3, 0.4) is 0 Å². The van der Waals surface area contributed by atoms with Gasteiger partial charge < -0.3 is 19.5 Å². The SMILES string of the molecule is CCNC(=O)OC1=C(c2ccc(OC)cc2SC)C(=O)OC12CCCC2. The Morgan fingerprint density at radius 2 is 2.08 bits per heavy atom. The lowest BCUT2D eigenvalue weighted by Gasteiger charge is -2.24. The summed E-state index contributed by atoms with van der Waals surface area (Å²) in [6, 6.07) is 5.47. The first kappa shape index (κ1) is 18.6. The summed E-state index contributed by atoms with van der Waals surface area (Å²) in [5.74, 6) is 0.602. The minimum atomic E-state index is -0.826. The molecule has 0 atom stereocenters. The number of nitrogens with one attached hydrogen (secondary N) is 1. The summed E-state index contributed by atoms with van der Waals surface area (Å²) in [6.45, 7) is 2.26. The van der Waals surface area contributed by atoms with Gasteiger partial charge in [-0.1, -0.05) is 0 Å². The van der Waals surface area contributed by atoms with Crippen LogP contribution in [0.4, 0.5) is 4.79 Å². The zero-order valence-corrected chi connectivity index (χ0v) is 16.0. The first-order valence-electron chi connectivity index (χ1n) is 8.71. The summed E-state index contributed by atoms with van der Waals surface area (Å²) >= 11 is 1.50. The monoisotopic (exact) mass is 377 g/mol. The van der Waals surface area contributed by atoms with E-state index >= 15 is 0 Å². The maximum atomic E-state index is 12.8. The van der Waals surface area contributed by atoms with E-state index in [1.807, 2.05) is 25.3 Å². The zero-order chi connectivity index (χ0) is 18.7. The average molecular weight is 377 g/mol. The van der Waals surface area contributed by atoms with Crippen molar-refractivity contribution in [3.63, 3.8) is 0 Å². The third-order valence-electron chi connectivity index (χ3n) is 4.74. The lowest BCUT2D eigenvalue weighted by Crippen LogP contribution is -2.33. The molecule has 6 nitrogen and oxygen atoms in total. The fraction of sp³-hybridized carbons (Fsp3) is 0.474. The quantitative estimate of drug-likeness (QED) is 0.622. The summed E-state index contributed by atoms with van der Waals surface area (Å²) in [7, 11) is 1.60. The summed E-state index contributed by atoms with van der Waals surface area (Å²) < 4.78 is 16.7. The molecule has 0 saturated heterocycles. The third kappa shape index (κ3) is 3.28. The number of esters is 1. The normalized spacial score (nSPS) is 18.2. The first-order valence-corrected chi connectivity index (χ1v) is 9.93. The molecule has 1 aromatic carbocycles. The number of thioether (sulfide) groups is 1. The van der Waals surface area contributed by atoms with Crippen LogP contribution in [0.5, 0.6) is 5.75 Å². The van der Waals surface area contributed by atoms with Crippen molar-refractivity contribution in [2.24, 2.45) is 0 Å². The van der Waals surface area contributed by atoms with Crippen molar-refractivity contribution in [3.8, 4) is 5.75 Å². The highest BCUT2D eigenvalue weighted by atomic mass is 32.2. The van der Waals surface area contributed by atoms with E-state index in [4.69, 9.17) is 14.2 Å². The standard InChI is InChI=1S/C19H23NO5S/c1-4-20-18(22)24-16-15(17(21)25-19(16)9-5-6-10-19)13-8-7-12(23-2)11-14(13)26-3/h7-8,11H,4-6,9-10H2,1-3H3,(H,20,22). The Kier molecular flexibility index (Phi) is 5.46. The van der Waals surface area contributed by atoms with Gasteiger partial charge in [-0.25, -0.2) is 9.59 Å². The molecule has 1 saturated carbocycles. The van der Waals surface area contributed by atoms with Crippen molar-refractivity contribution >= 4 is 29.4 Å². The number of alkyl carbamates (subject to hydrolysis) is 1. The van der Waals surface area contributed by atoms with Gasteiger partial charge in [0.05, 0.1) is 7.11 Å². The summed E-state index contributed by atoms with van der Waals surface area (Å²) in [4.78, 5) is 25.8. The van der Waals surface area contributed by atoms with E-state index in [0.717, 1.165) is 17.7 Å². The number of ether oxygens (including phenoxy) is 3. The highest BCUT2D eigenvalue weighted by Gasteiger charge is 2.52. The molecular formula is C19H23NO5S. The molecule has 1 spiro atoms. The van der Waals surface area contributed by atoms with E-state index in [2.05, 4.69) is 5.32 Å². The Morgan fingerprint density at radius 3 is 2.69 bits per heavy atom. The molecule has 2 aliphatic rings. The number of amides is 1. The van der Waals surface area contributed by atoms with Crippen molar-refractivity contribution in [3.05, 3.63) is 29.5 Å². The molecule has 0 radical (unpaired) electrons. The summed E-state index contributed by atoms with van der Waals surface area (Å²) in [5.41, 5.74) is 0.212. The minimum Gasteiger partial charge on any atom is -0.497 e.